The van der Waals surface area contributed by atoms with E-state index in [1.807, 2.05) is 0 Å². The molecule has 0 aliphatic carbocycles. The fourth-order valence-electron chi connectivity index (χ4n) is 3.15. The van der Waals surface area contributed by atoms with E-state index in [1.165, 1.54) is 14.2 Å². The monoisotopic (exact) mass is 435 g/mol. The van der Waals surface area contributed by atoms with Crippen LogP contribution in [0, 0.1) is 6.92 Å². The van der Waals surface area contributed by atoms with Crippen molar-refractivity contribution in [1.82, 2.24) is 10.6 Å². The Labute approximate surface area is 177 Å². The molecule has 0 fully saturated rings. The number of carboxylic acids is 1. The summed E-state index contributed by atoms with van der Waals surface area (Å²) in [5, 5.41) is 14.6. The highest BCUT2D eigenvalue weighted by Crippen LogP contribution is 2.36. The van der Waals surface area contributed by atoms with Crippen LogP contribution in [0.3, 0.4) is 0 Å². The first kappa shape index (κ1) is 23.5. The maximum absolute atomic E-state index is 12.5. The molecule has 1 aromatic carbocycles. The average Bonchev–Trinajstić information content (AvgIpc) is 2.71. The van der Waals surface area contributed by atoms with Gasteiger partial charge >= 0.3 is 17.6 Å². The van der Waals surface area contributed by atoms with Crippen molar-refractivity contribution in [1.29, 1.82) is 0 Å². The smallest absolute Gasteiger partial charge is 0.340 e. The number of carbonyl (C=O) groups is 3. The van der Waals surface area contributed by atoms with Gasteiger partial charge in [-0.3, -0.25) is 4.79 Å². The zero-order valence-electron chi connectivity index (χ0n) is 17.4. The maximum Gasteiger partial charge on any atom is 0.340 e. The number of methoxy groups -OCH3 is 2. The number of carbonyl (C=O) groups excluding carboxylic acids is 2. The van der Waals surface area contributed by atoms with Crippen molar-refractivity contribution in [2.24, 2.45) is 5.73 Å². The minimum Gasteiger partial charge on any atom is -0.493 e. The third kappa shape index (κ3) is 5.65. The van der Waals surface area contributed by atoms with Crippen LogP contribution in [-0.2, 0) is 16.0 Å². The van der Waals surface area contributed by atoms with Crippen LogP contribution in [0.15, 0.2) is 21.3 Å². The fourth-order valence-corrected chi connectivity index (χ4v) is 3.15. The third-order valence-corrected chi connectivity index (χ3v) is 4.74. The lowest BCUT2D eigenvalue weighted by atomic mass is 10.0. The van der Waals surface area contributed by atoms with E-state index in [1.54, 1.807) is 19.1 Å². The Morgan fingerprint density at radius 2 is 1.94 bits per heavy atom. The van der Waals surface area contributed by atoms with E-state index in [9.17, 15) is 24.3 Å². The molecule has 0 aliphatic rings. The SMILES string of the molecule is COc1ccc2c(C)c(CC(=O)NC(CCCNC(N)=O)C(=O)O)c(=O)oc2c1OC. The van der Waals surface area contributed by atoms with Crippen molar-refractivity contribution >= 4 is 28.9 Å². The minimum absolute atomic E-state index is 0.0731. The van der Waals surface area contributed by atoms with Gasteiger partial charge in [0.25, 0.3) is 0 Å². The maximum atomic E-state index is 12.5. The first-order valence-electron chi connectivity index (χ1n) is 9.42. The first-order chi connectivity index (χ1) is 14.7. The molecule has 11 nitrogen and oxygen atoms in total. The molecule has 5 N–H and O–H groups in total. The van der Waals surface area contributed by atoms with Crippen LogP contribution in [0.4, 0.5) is 4.79 Å². The molecule has 168 valence electrons. The van der Waals surface area contributed by atoms with Crippen LogP contribution in [0.25, 0.3) is 11.0 Å². The number of primary amides is 1. The Morgan fingerprint density at radius 1 is 1.23 bits per heavy atom. The van der Waals surface area contributed by atoms with Crippen molar-refractivity contribution in [2.75, 3.05) is 20.8 Å². The summed E-state index contributed by atoms with van der Waals surface area (Å²) in [6.07, 6.45) is 0.00434. The minimum atomic E-state index is -1.23. The Kier molecular flexibility index (Phi) is 7.83. The van der Waals surface area contributed by atoms with Gasteiger partial charge in [-0.1, -0.05) is 0 Å². The lowest BCUT2D eigenvalue weighted by Gasteiger charge is -2.16. The summed E-state index contributed by atoms with van der Waals surface area (Å²) in [5.74, 6) is -1.23. The summed E-state index contributed by atoms with van der Waals surface area (Å²) < 4.78 is 15.9. The molecular weight excluding hydrogens is 410 g/mol. The largest absolute Gasteiger partial charge is 0.493 e. The lowest BCUT2D eigenvalue weighted by Crippen LogP contribution is -2.42. The molecule has 31 heavy (non-hydrogen) atoms. The van der Waals surface area contributed by atoms with Gasteiger partial charge in [-0.15, -0.1) is 0 Å². The van der Waals surface area contributed by atoms with Crippen LogP contribution >= 0.6 is 0 Å². The molecule has 0 radical (unpaired) electrons. The summed E-state index contributed by atoms with van der Waals surface area (Å²) in [5.41, 5.74) is 5.03. The number of aryl methyl sites for hydroxylation is 1. The fraction of sp³-hybridized carbons (Fsp3) is 0.400. The number of hydrogen-bond donors (Lipinski definition) is 4. The van der Waals surface area contributed by atoms with E-state index in [0.717, 1.165) is 0 Å². The molecule has 0 aliphatic heterocycles. The highest BCUT2D eigenvalue weighted by atomic mass is 16.5. The Hall–Kier alpha value is -3.76. The first-order valence-corrected chi connectivity index (χ1v) is 9.42. The highest BCUT2D eigenvalue weighted by Gasteiger charge is 2.23. The average molecular weight is 435 g/mol. The number of hydrogen-bond acceptors (Lipinski definition) is 7. The number of benzene rings is 1. The molecule has 11 heteroatoms. The zero-order valence-corrected chi connectivity index (χ0v) is 17.4. The Bertz CT molecular complexity index is 1050. The summed E-state index contributed by atoms with van der Waals surface area (Å²) >= 11 is 0. The quantitative estimate of drug-likeness (QED) is 0.312. The number of aliphatic carboxylic acids is 1. The number of nitrogens with one attached hydrogen (secondary N) is 2. The second-order valence-corrected chi connectivity index (χ2v) is 6.74. The summed E-state index contributed by atoms with van der Waals surface area (Å²) in [6, 6.07) is 1.43. The van der Waals surface area contributed by atoms with Gasteiger partial charge in [0, 0.05) is 11.9 Å². The number of nitrogens with two attached hydrogens (primary N) is 1. The number of carboxylic acid groups (broad SMARTS) is 1. The van der Waals surface area contributed by atoms with E-state index >= 15 is 0 Å². The molecule has 3 amide bonds. The standard InChI is InChI=1S/C20H25N3O8/c1-10-11-6-7-14(29-2)17(30-3)16(11)31-19(27)12(10)9-15(24)23-13(18(25)26)5-4-8-22-20(21)28/h6-7,13H,4-5,8-9H2,1-3H3,(H,23,24)(H,25,26)(H3,21,22,28). The lowest BCUT2D eigenvalue weighted by molar-refractivity contribution is -0.141. The second-order valence-electron chi connectivity index (χ2n) is 6.74. The third-order valence-electron chi connectivity index (χ3n) is 4.74. The van der Waals surface area contributed by atoms with Crippen molar-refractivity contribution in [2.45, 2.75) is 32.2 Å². The van der Waals surface area contributed by atoms with Crippen LogP contribution < -0.4 is 31.5 Å². The molecule has 0 spiro atoms. The number of amides is 3. The van der Waals surface area contributed by atoms with E-state index in [0.29, 0.717) is 23.1 Å². The Balaban J connectivity index is 2.22. The number of fused-ring (bicyclic) bond motifs is 1. The molecule has 1 heterocycles. The molecule has 2 rings (SSSR count). The van der Waals surface area contributed by atoms with Crippen molar-refractivity contribution in [3.63, 3.8) is 0 Å². The van der Waals surface area contributed by atoms with Gasteiger partial charge in [-0.25, -0.2) is 14.4 Å². The van der Waals surface area contributed by atoms with Crippen molar-refractivity contribution in [3.8, 4) is 11.5 Å². The normalized spacial score (nSPS) is 11.6. The molecule has 0 saturated heterocycles. The number of urea groups is 1. The van der Waals surface area contributed by atoms with Gasteiger partial charge in [0.15, 0.2) is 11.3 Å². The van der Waals surface area contributed by atoms with E-state index in [4.69, 9.17) is 19.6 Å². The molecular formula is C20H25N3O8. The summed E-state index contributed by atoms with van der Waals surface area (Å²) in [4.78, 5) is 47.1. The van der Waals surface area contributed by atoms with Crippen molar-refractivity contribution in [3.05, 3.63) is 33.7 Å². The van der Waals surface area contributed by atoms with Gasteiger partial charge in [0.05, 0.1) is 26.2 Å². The van der Waals surface area contributed by atoms with Gasteiger partial charge in [-0.2, -0.15) is 0 Å². The summed E-state index contributed by atoms with van der Waals surface area (Å²) in [7, 11) is 2.87. The van der Waals surface area contributed by atoms with Crippen LogP contribution in [0.5, 0.6) is 11.5 Å². The van der Waals surface area contributed by atoms with Gasteiger partial charge in [0.1, 0.15) is 6.04 Å². The second kappa shape index (κ2) is 10.3. The van der Waals surface area contributed by atoms with Gasteiger partial charge in [0.2, 0.25) is 11.7 Å². The molecule has 1 unspecified atom stereocenters. The van der Waals surface area contributed by atoms with Crippen LogP contribution in [0.2, 0.25) is 0 Å². The zero-order chi connectivity index (χ0) is 23.1. The topological polar surface area (TPSA) is 170 Å². The molecule has 0 saturated carbocycles. The molecule has 1 aromatic heterocycles. The predicted molar refractivity (Wildman–Crippen MR) is 110 cm³/mol. The molecule has 2 aromatic rings. The predicted octanol–water partition coefficient (Wildman–Crippen LogP) is 0.679. The molecule has 0 bridgehead atoms. The number of ether oxygens (including phenoxy) is 2. The molecule has 1 atom stereocenters. The van der Waals surface area contributed by atoms with E-state index in [-0.39, 0.29) is 36.3 Å². The van der Waals surface area contributed by atoms with Crippen LogP contribution in [-0.4, -0.2) is 49.8 Å². The van der Waals surface area contributed by atoms with E-state index in [2.05, 4.69) is 10.6 Å². The van der Waals surface area contributed by atoms with E-state index < -0.39 is 29.6 Å². The van der Waals surface area contributed by atoms with Gasteiger partial charge in [-0.05, 0) is 37.5 Å². The highest BCUT2D eigenvalue weighted by molar-refractivity contribution is 5.90. The number of rotatable bonds is 10. The Morgan fingerprint density at radius 3 is 2.52 bits per heavy atom. The summed E-state index contributed by atoms with van der Waals surface area (Å²) in [6.45, 7) is 1.84. The van der Waals surface area contributed by atoms with Crippen LogP contribution in [0.1, 0.15) is 24.0 Å². The van der Waals surface area contributed by atoms with Gasteiger partial charge < -0.3 is 35.4 Å². The van der Waals surface area contributed by atoms with Crippen molar-refractivity contribution < 1.29 is 33.4 Å².